The molecule has 2 N–H and O–H groups in total. The van der Waals surface area contributed by atoms with E-state index in [0.29, 0.717) is 17.8 Å². The first-order valence-corrected chi connectivity index (χ1v) is 6.30. The van der Waals surface area contributed by atoms with Crippen molar-refractivity contribution < 1.29 is 9.59 Å². The molecule has 1 aromatic carbocycles. The lowest BCUT2D eigenvalue weighted by molar-refractivity contribution is -0.129. The highest BCUT2D eigenvalue weighted by Gasteiger charge is 2.19. The van der Waals surface area contributed by atoms with Crippen LogP contribution in [0.2, 0.25) is 0 Å². The normalized spacial score (nSPS) is 10.1. The number of amides is 2. The first-order valence-electron chi connectivity index (χ1n) is 6.30. The maximum absolute atomic E-state index is 12.3. The summed E-state index contributed by atoms with van der Waals surface area (Å²) in [5.41, 5.74) is 6.73. The smallest absolute Gasteiger partial charge is 0.254 e. The number of nitrogens with two attached hydrogens (primary N) is 1. The van der Waals surface area contributed by atoms with Crippen LogP contribution in [0.5, 0.6) is 0 Å². The molecule has 0 bridgehead atoms. The highest BCUT2D eigenvalue weighted by atomic mass is 16.2. The lowest BCUT2D eigenvalue weighted by Gasteiger charge is -2.23. The van der Waals surface area contributed by atoms with Crippen molar-refractivity contribution in [3.8, 4) is 0 Å². The Morgan fingerprint density at radius 2 is 1.95 bits per heavy atom. The number of hydrogen-bond acceptors (Lipinski definition) is 3. The molecule has 0 fully saturated rings. The van der Waals surface area contributed by atoms with E-state index in [1.165, 1.54) is 4.90 Å². The van der Waals surface area contributed by atoms with Crippen LogP contribution in [0.3, 0.4) is 0 Å². The Bertz CT molecular complexity index is 458. The zero-order valence-corrected chi connectivity index (χ0v) is 11.7. The Balaban J connectivity index is 2.86. The van der Waals surface area contributed by atoms with Gasteiger partial charge in [-0.15, -0.1) is 0 Å². The van der Waals surface area contributed by atoms with Crippen LogP contribution >= 0.6 is 0 Å². The fraction of sp³-hybridized carbons (Fsp3) is 0.429. The van der Waals surface area contributed by atoms with E-state index < -0.39 is 0 Å². The summed E-state index contributed by atoms with van der Waals surface area (Å²) in [6.45, 7) is 2.61. The van der Waals surface area contributed by atoms with Crippen LogP contribution < -0.4 is 5.73 Å². The topological polar surface area (TPSA) is 66.6 Å². The molecular weight excluding hydrogens is 242 g/mol. The van der Waals surface area contributed by atoms with Gasteiger partial charge in [0.15, 0.2) is 0 Å². The first-order chi connectivity index (χ1) is 8.95. The molecule has 1 aromatic rings. The number of nitrogens with zero attached hydrogens (tertiary/aromatic N) is 2. The van der Waals surface area contributed by atoms with E-state index in [-0.39, 0.29) is 18.4 Å². The Morgan fingerprint density at radius 3 is 2.47 bits per heavy atom. The molecule has 5 nitrogen and oxygen atoms in total. The molecular formula is C14H21N3O2. The summed E-state index contributed by atoms with van der Waals surface area (Å²) in [7, 11) is 3.36. The van der Waals surface area contributed by atoms with Gasteiger partial charge in [-0.25, -0.2) is 0 Å². The molecule has 0 radical (unpaired) electrons. The van der Waals surface area contributed by atoms with E-state index in [0.717, 1.165) is 6.42 Å². The van der Waals surface area contributed by atoms with Crippen LogP contribution in [0.15, 0.2) is 24.3 Å². The lowest BCUT2D eigenvalue weighted by atomic mass is 10.1. The van der Waals surface area contributed by atoms with Gasteiger partial charge in [0.05, 0.1) is 0 Å². The minimum absolute atomic E-state index is 0.0917. The van der Waals surface area contributed by atoms with Crippen molar-refractivity contribution in [1.82, 2.24) is 9.80 Å². The highest BCUT2D eigenvalue weighted by Crippen LogP contribution is 2.10. The maximum Gasteiger partial charge on any atom is 0.254 e. The number of likely N-dealkylation sites (N-methyl/N-ethyl adjacent to an activating group) is 1. The minimum Gasteiger partial charge on any atom is -0.399 e. The van der Waals surface area contributed by atoms with Crippen LogP contribution in [0.4, 0.5) is 5.69 Å². The van der Waals surface area contributed by atoms with Gasteiger partial charge in [-0.1, -0.05) is 13.0 Å². The van der Waals surface area contributed by atoms with Crippen molar-refractivity contribution in [2.75, 3.05) is 32.9 Å². The third kappa shape index (κ3) is 4.28. The molecule has 19 heavy (non-hydrogen) atoms. The summed E-state index contributed by atoms with van der Waals surface area (Å²) in [5, 5.41) is 0. The molecule has 0 unspecified atom stereocenters. The SMILES string of the molecule is CCCN(CC(=O)N(C)C)C(=O)c1cccc(N)c1. The molecule has 0 aliphatic heterocycles. The average Bonchev–Trinajstić information content (AvgIpc) is 2.37. The molecule has 0 aliphatic carbocycles. The van der Waals surface area contributed by atoms with Crippen molar-refractivity contribution in [2.45, 2.75) is 13.3 Å². The van der Waals surface area contributed by atoms with Gasteiger partial charge in [-0.2, -0.15) is 0 Å². The van der Waals surface area contributed by atoms with Gasteiger partial charge in [-0.3, -0.25) is 9.59 Å². The largest absolute Gasteiger partial charge is 0.399 e. The number of hydrogen-bond donors (Lipinski definition) is 1. The van der Waals surface area contributed by atoms with Gasteiger partial charge in [-0.05, 0) is 24.6 Å². The number of rotatable bonds is 5. The minimum atomic E-state index is -0.163. The van der Waals surface area contributed by atoms with E-state index in [1.807, 2.05) is 6.92 Å². The second kappa shape index (κ2) is 6.78. The third-order valence-electron chi connectivity index (χ3n) is 2.74. The van der Waals surface area contributed by atoms with Crippen LogP contribution in [0.1, 0.15) is 23.7 Å². The summed E-state index contributed by atoms with van der Waals surface area (Å²) in [5.74, 6) is -0.255. The standard InChI is InChI=1S/C14H21N3O2/c1-4-8-17(10-13(18)16(2)3)14(19)11-6-5-7-12(15)9-11/h5-7,9H,4,8,10,15H2,1-3H3. The van der Waals surface area contributed by atoms with E-state index >= 15 is 0 Å². The summed E-state index contributed by atoms with van der Waals surface area (Å²) >= 11 is 0. The summed E-state index contributed by atoms with van der Waals surface area (Å²) in [4.78, 5) is 27.1. The van der Waals surface area contributed by atoms with Gasteiger partial charge < -0.3 is 15.5 Å². The average molecular weight is 263 g/mol. The van der Waals surface area contributed by atoms with Crippen LogP contribution in [0.25, 0.3) is 0 Å². The van der Waals surface area contributed by atoms with Gasteiger partial charge >= 0.3 is 0 Å². The van der Waals surface area contributed by atoms with E-state index in [9.17, 15) is 9.59 Å². The van der Waals surface area contributed by atoms with Gasteiger partial charge in [0.1, 0.15) is 6.54 Å². The van der Waals surface area contributed by atoms with Crippen molar-refractivity contribution in [3.05, 3.63) is 29.8 Å². The van der Waals surface area contributed by atoms with Crippen LogP contribution in [0, 0.1) is 0 Å². The number of benzene rings is 1. The predicted octanol–water partition coefficient (Wildman–Crippen LogP) is 1.21. The Hall–Kier alpha value is -2.04. The van der Waals surface area contributed by atoms with Crippen LogP contribution in [-0.4, -0.2) is 48.8 Å². The fourth-order valence-electron chi connectivity index (χ4n) is 1.68. The zero-order chi connectivity index (χ0) is 14.4. The van der Waals surface area contributed by atoms with Crippen molar-refractivity contribution >= 4 is 17.5 Å². The summed E-state index contributed by atoms with van der Waals surface area (Å²) in [6.07, 6.45) is 0.800. The van der Waals surface area contributed by atoms with E-state index in [1.54, 1.807) is 43.3 Å². The third-order valence-corrected chi connectivity index (χ3v) is 2.74. The molecule has 104 valence electrons. The molecule has 0 aliphatic rings. The maximum atomic E-state index is 12.3. The second-order valence-electron chi connectivity index (χ2n) is 4.64. The van der Waals surface area contributed by atoms with E-state index in [2.05, 4.69) is 0 Å². The molecule has 5 heteroatoms. The van der Waals surface area contributed by atoms with Crippen molar-refractivity contribution in [1.29, 1.82) is 0 Å². The number of carbonyl (C=O) groups is 2. The Morgan fingerprint density at radius 1 is 1.26 bits per heavy atom. The molecule has 2 amide bonds. The molecule has 0 heterocycles. The summed E-state index contributed by atoms with van der Waals surface area (Å²) < 4.78 is 0. The molecule has 0 saturated carbocycles. The number of carbonyl (C=O) groups excluding carboxylic acids is 2. The van der Waals surface area contributed by atoms with Gasteiger partial charge in [0.25, 0.3) is 5.91 Å². The number of anilines is 1. The molecule has 0 aromatic heterocycles. The monoisotopic (exact) mass is 263 g/mol. The zero-order valence-electron chi connectivity index (χ0n) is 11.7. The molecule has 0 atom stereocenters. The molecule has 1 rings (SSSR count). The van der Waals surface area contributed by atoms with E-state index in [4.69, 9.17) is 5.73 Å². The van der Waals surface area contributed by atoms with Crippen molar-refractivity contribution in [3.63, 3.8) is 0 Å². The first kappa shape index (κ1) is 15.0. The highest BCUT2D eigenvalue weighted by molar-refractivity contribution is 5.97. The number of nitrogen functional groups attached to an aromatic ring is 1. The van der Waals surface area contributed by atoms with Crippen molar-refractivity contribution in [2.24, 2.45) is 0 Å². The lowest BCUT2D eigenvalue weighted by Crippen LogP contribution is -2.40. The van der Waals surface area contributed by atoms with Crippen LogP contribution in [-0.2, 0) is 4.79 Å². The Kier molecular flexibility index (Phi) is 5.36. The van der Waals surface area contributed by atoms with Gasteiger partial charge in [0, 0.05) is 31.9 Å². The predicted molar refractivity (Wildman–Crippen MR) is 75.7 cm³/mol. The second-order valence-corrected chi connectivity index (χ2v) is 4.64. The summed E-state index contributed by atoms with van der Waals surface area (Å²) in [6, 6.07) is 6.80. The fourth-order valence-corrected chi connectivity index (χ4v) is 1.68. The Labute approximate surface area is 114 Å². The van der Waals surface area contributed by atoms with Gasteiger partial charge in [0.2, 0.25) is 5.91 Å². The quantitative estimate of drug-likeness (QED) is 0.812. The molecule has 0 saturated heterocycles. The molecule has 0 spiro atoms.